The maximum absolute atomic E-state index is 12.8. The van der Waals surface area contributed by atoms with Crippen molar-refractivity contribution in [2.75, 3.05) is 6.79 Å². The molecule has 1 amide bonds. The smallest absolute Gasteiger partial charge is 0.273 e. The van der Waals surface area contributed by atoms with Crippen LogP contribution in [0.4, 0.5) is 0 Å². The Hall–Kier alpha value is -3.81. The van der Waals surface area contributed by atoms with Gasteiger partial charge in [0.15, 0.2) is 17.2 Å². The Balaban J connectivity index is 1.30. The lowest BCUT2D eigenvalue weighted by atomic mass is 10.1. The normalized spacial score (nSPS) is 13.1. The topological polar surface area (TPSA) is 76.8 Å². The van der Waals surface area contributed by atoms with Crippen molar-refractivity contribution in [1.29, 1.82) is 0 Å². The summed E-state index contributed by atoms with van der Waals surface area (Å²) in [6.07, 6.45) is 1.40. The molecule has 0 saturated carbocycles. The van der Waals surface area contributed by atoms with Crippen molar-refractivity contribution < 1.29 is 18.7 Å². The van der Waals surface area contributed by atoms with Crippen LogP contribution < -0.4 is 14.8 Å². The number of nitrogens with one attached hydrogen (secondary N) is 1. The van der Waals surface area contributed by atoms with E-state index in [-0.39, 0.29) is 24.4 Å². The average Bonchev–Trinajstić information content (AvgIpc) is 3.55. The van der Waals surface area contributed by atoms with Gasteiger partial charge in [0, 0.05) is 18.1 Å². The number of carbonyl (C=O) groups is 1. The number of fused-ring (bicyclic) bond motifs is 1. The summed E-state index contributed by atoms with van der Waals surface area (Å²) < 4.78 is 16.7. The van der Waals surface area contributed by atoms with Gasteiger partial charge in [-0.3, -0.25) is 9.69 Å². The molecule has 0 fully saturated rings. The largest absolute Gasteiger partial charge is 0.454 e. The van der Waals surface area contributed by atoms with Gasteiger partial charge in [-0.2, -0.15) is 0 Å². The first-order valence-electron chi connectivity index (χ1n) is 11.7. The van der Waals surface area contributed by atoms with Gasteiger partial charge >= 0.3 is 0 Å². The lowest BCUT2D eigenvalue weighted by Crippen LogP contribution is -2.27. The number of benzene rings is 3. The first-order valence-corrected chi connectivity index (χ1v) is 12.1. The van der Waals surface area contributed by atoms with Crippen LogP contribution in [-0.4, -0.2) is 22.6 Å². The third kappa shape index (κ3) is 5.70. The second-order valence-electron chi connectivity index (χ2n) is 8.66. The predicted octanol–water partition coefficient (Wildman–Crippen LogP) is 5.75. The number of oxazole rings is 1. The van der Waals surface area contributed by atoms with E-state index in [1.54, 1.807) is 0 Å². The van der Waals surface area contributed by atoms with Crippen LogP contribution in [0.15, 0.2) is 83.5 Å². The lowest BCUT2D eigenvalue weighted by Gasteiger charge is -2.22. The maximum Gasteiger partial charge on any atom is 0.273 e. The minimum absolute atomic E-state index is 0.151. The molecule has 184 valence electrons. The van der Waals surface area contributed by atoms with Gasteiger partial charge in [-0.25, -0.2) is 4.98 Å². The molecule has 1 aromatic heterocycles. The highest BCUT2D eigenvalue weighted by molar-refractivity contribution is 6.31. The van der Waals surface area contributed by atoms with E-state index in [1.807, 2.05) is 79.7 Å². The molecule has 3 aromatic carbocycles. The minimum atomic E-state index is -0.283. The van der Waals surface area contributed by atoms with E-state index in [1.165, 1.54) is 6.26 Å². The second kappa shape index (κ2) is 10.8. The first-order chi connectivity index (χ1) is 17.5. The number of ether oxygens (including phenoxy) is 2. The molecule has 0 saturated heterocycles. The zero-order valence-electron chi connectivity index (χ0n) is 19.8. The monoisotopic (exact) mass is 503 g/mol. The Kier molecular flexibility index (Phi) is 7.21. The van der Waals surface area contributed by atoms with Crippen LogP contribution >= 0.6 is 11.6 Å². The Bertz CT molecular complexity index is 1340. The van der Waals surface area contributed by atoms with Gasteiger partial charge in [0.05, 0.1) is 12.6 Å². The van der Waals surface area contributed by atoms with Crippen molar-refractivity contribution in [3.05, 3.63) is 112 Å². The van der Waals surface area contributed by atoms with Crippen molar-refractivity contribution in [3.63, 3.8) is 0 Å². The number of rotatable bonds is 9. The second-order valence-corrected chi connectivity index (χ2v) is 9.06. The van der Waals surface area contributed by atoms with Crippen molar-refractivity contribution in [3.8, 4) is 11.5 Å². The summed E-state index contributed by atoms with van der Waals surface area (Å²) in [7, 11) is 0. The molecule has 2 heterocycles. The van der Waals surface area contributed by atoms with Gasteiger partial charge in [0.2, 0.25) is 12.7 Å². The third-order valence-corrected chi connectivity index (χ3v) is 6.35. The van der Waals surface area contributed by atoms with E-state index in [4.69, 9.17) is 25.5 Å². The van der Waals surface area contributed by atoms with Crippen LogP contribution in [0.2, 0.25) is 5.02 Å². The highest BCUT2D eigenvalue weighted by Crippen LogP contribution is 2.33. The number of halogens is 1. The van der Waals surface area contributed by atoms with Crippen LogP contribution in [0.1, 0.15) is 46.0 Å². The lowest BCUT2D eigenvalue weighted by molar-refractivity contribution is 0.0934. The minimum Gasteiger partial charge on any atom is -0.454 e. The average molecular weight is 504 g/mol. The zero-order chi connectivity index (χ0) is 24.9. The van der Waals surface area contributed by atoms with Crippen LogP contribution in [0.25, 0.3) is 0 Å². The number of carbonyl (C=O) groups excluding carboxylic acids is 1. The fraction of sp³-hybridized carbons (Fsp3) is 0.214. The summed E-state index contributed by atoms with van der Waals surface area (Å²) in [4.78, 5) is 19.4. The summed E-state index contributed by atoms with van der Waals surface area (Å²) in [5.74, 6) is 1.63. The highest BCUT2D eigenvalue weighted by Gasteiger charge is 2.19. The quantitative estimate of drug-likeness (QED) is 0.313. The molecule has 36 heavy (non-hydrogen) atoms. The number of nitrogens with zero attached hydrogens (tertiary/aromatic N) is 2. The van der Waals surface area contributed by atoms with Crippen LogP contribution in [-0.2, 0) is 19.6 Å². The van der Waals surface area contributed by atoms with E-state index in [0.717, 1.165) is 28.2 Å². The molecule has 8 heteroatoms. The molecule has 1 N–H and O–H groups in total. The van der Waals surface area contributed by atoms with Crippen LogP contribution in [0.3, 0.4) is 0 Å². The molecular weight excluding hydrogens is 478 g/mol. The molecule has 0 spiro atoms. The molecule has 7 nitrogen and oxygen atoms in total. The van der Waals surface area contributed by atoms with Crippen molar-refractivity contribution in [2.24, 2.45) is 0 Å². The number of hydrogen-bond acceptors (Lipinski definition) is 6. The Morgan fingerprint density at radius 3 is 2.61 bits per heavy atom. The molecule has 1 aliphatic heterocycles. The van der Waals surface area contributed by atoms with Crippen LogP contribution in [0.5, 0.6) is 11.5 Å². The first kappa shape index (κ1) is 23.9. The van der Waals surface area contributed by atoms with Crippen molar-refractivity contribution in [2.45, 2.75) is 32.6 Å². The number of aromatic nitrogens is 1. The molecule has 0 aliphatic carbocycles. The molecule has 0 radical (unpaired) electrons. The number of hydrogen-bond donors (Lipinski definition) is 1. The summed E-state index contributed by atoms with van der Waals surface area (Å²) in [6, 6.07) is 23.3. The van der Waals surface area contributed by atoms with Gasteiger partial charge in [-0.1, -0.05) is 66.2 Å². The van der Waals surface area contributed by atoms with Gasteiger partial charge in [0.1, 0.15) is 6.26 Å². The molecule has 0 bridgehead atoms. The Morgan fingerprint density at radius 2 is 1.78 bits per heavy atom. The summed E-state index contributed by atoms with van der Waals surface area (Å²) in [5.41, 5.74) is 3.30. The van der Waals surface area contributed by atoms with E-state index in [2.05, 4.69) is 15.2 Å². The van der Waals surface area contributed by atoms with E-state index in [0.29, 0.717) is 30.5 Å². The molecule has 4 aromatic rings. The SMILES string of the molecule is CC(NC(=O)c1coc(CN(Cc2ccc3c(c2)OCO3)Cc2ccccc2Cl)n1)c1ccccc1. The zero-order valence-corrected chi connectivity index (χ0v) is 20.6. The van der Waals surface area contributed by atoms with Gasteiger partial charge in [0.25, 0.3) is 5.91 Å². The van der Waals surface area contributed by atoms with E-state index in [9.17, 15) is 4.79 Å². The standard InChI is InChI=1S/C28H26ClN3O4/c1-19(21-7-3-2-4-8-21)30-28(33)24-17-34-27(31-24)16-32(15-22-9-5-6-10-23(22)29)14-20-11-12-25-26(13-20)36-18-35-25/h2-13,17,19H,14-16,18H2,1H3,(H,30,33). The fourth-order valence-corrected chi connectivity index (χ4v) is 4.30. The Morgan fingerprint density at radius 1 is 1.00 bits per heavy atom. The summed E-state index contributed by atoms with van der Waals surface area (Å²) in [6.45, 7) is 3.72. The van der Waals surface area contributed by atoms with Crippen molar-refractivity contribution >= 4 is 17.5 Å². The third-order valence-electron chi connectivity index (χ3n) is 5.99. The molecule has 1 aliphatic rings. The molecule has 1 unspecified atom stereocenters. The van der Waals surface area contributed by atoms with E-state index >= 15 is 0 Å². The highest BCUT2D eigenvalue weighted by atomic mass is 35.5. The molecule has 5 rings (SSSR count). The van der Waals surface area contributed by atoms with Gasteiger partial charge in [-0.05, 0) is 41.8 Å². The number of amides is 1. The Labute approximate surface area is 214 Å². The van der Waals surface area contributed by atoms with Crippen molar-refractivity contribution in [1.82, 2.24) is 15.2 Å². The van der Waals surface area contributed by atoms with Gasteiger partial charge in [-0.15, -0.1) is 0 Å². The summed E-state index contributed by atoms with van der Waals surface area (Å²) >= 11 is 6.44. The van der Waals surface area contributed by atoms with E-state index < -0.39 is 0 Å². The molecule has 1 atom stereocenters. The summed E-state index contributed by atoms with van der Waals surface area (Å²) in [5, 5.41) is 3.66. The molecular formula is C28H26ClN3O4. The van der Waals surface area contributed by atoms with Gasteiger partial charge < -0.3 is 19.2 Å². The van der Waals surface area contributed by atoms with Crippen LogP contribution in [0, 0.1) is 0 Å². The maximum atomic E-state index is 12.8. The fourth-order valence-electron chi connectivity index (χ4n) is 4.11. The predicted molar refractivity (Wildman–Crippen MR) is 136 cm³/mol.